The Bertz CT molecular complexity index is 845. The van der Waals surface area contributed by atoms with E-state index < -0.39 is 5.69 Å². The minimum atomic E-state index is -0.448. The highest BCUT2D eigenvalue weighted by Gasteiger charge is 2.11. The molecule has 1 aromatic carbocycles. The van der Waals surface area contributed by atoms with Gasteiger partial charge < -0.3 is 10.3 Å². The van der Waals surface area contributed by atoms with Gasteiger partial charge in [-0.2, -0.15) is 0 Å². The fourth-order valence-corrected chi connectivity index (χ4v) is 2.48. The molecule has 0 fully saturated rings. The third-order valence-electron chi connectivity index (χ3n) is 4.08. The molecule has 0 atom stereocenters. The van der Waals surface area contributed by atoms with Crippen LogP contribution in [0.5, 0.6) is 0 Å². The maximum atomic E-state index is 12.1. The van der Waals surface area contributed by atoms with Gasteiger partial charge in [-0.3, -0.25) is 14.2 Å². The van der Waals surface area contributed by atoms with Crippen LogP contribution < -0.4 is 16.6 Å². The number of hydrogen-bond donors (Lipinski definition) is 2. The SMILES string of the molecule is Cc1[nH]c(=O)n(C)c(=O)c1CCC(=O)Nc1ccc(C(C)C)cc1. The topological polar surface area (TPSA) is 84.0 Å². The quantitative estimate of drug-likeness (QED) is 0.881. The van der Waals surface area contributed by atoms with Gasteiger partial charge in [0.05, 0.1) is 0 Å². The Morgan fingerprint density at radius 1 is 1.21 bits per heavy atom. The molecule has 0 aliphatic rings. The third-order valence-corrected chi connectivity index (χ3v) is 4.08. The molecule has 0 radical (unpaired) electrons. The zero-order valence-corrected chi connectivity index (χ0v) is 14.5. The van der Waals surface area contributed by atoms with Crippen LogP contribution in [0.1, 0.15) is 43.0 Å². The molecule has 0 aliphatic heterocycles. The standard InChI is InChI=1S/C18H23N3O3/c1-11(2)13-5-7-14(8-6-13)20-16(22)10-9-15-12(3)19-18(24)21(4)17(15)23/h5-8,11H,9-10H2,1-4H3,(H,19,24)(H,20,22). The average molecular weight is 329 g/mol. The van der Waals surface area contributed by atoms with Crippen molar-refractivity contribution in [2.45, 2.75) is 39.5 Å². The van der Waals surface area contributed by atoms with Crippen LogP contribution in [-0.4, -0.2) is 15.5 Å². The van der Waals surface area contributed by atoms with Crippen molar-refractivity contribution >= 4 is 11.6 Å². The first-order chi connectivity index (χ1) is 11.3. The van der Waals surface area contributed by atoms with Crippen LogP contribution in [0.25, 0.3) is 0 Å². The molecule has 0 unspecified atom stereocenters. The lowest BCUT2D eigenvalue weighted by Gasteiger charge is -2.09. The van der Waals surface area contributed by atoms with Gasteiger partial charge in [-0.15, -0.1) is 0 Å². The fraction of sp³-hybridized carbons (Fsp3) is 0.389. The van der Waals surface area contributed by atoms with Crippen molar-refractivity contribution in [1.29, 1.82) is 0 Å². The molecule has 1 amide bonds. The number of nitrogens with one attached hydrogen (secondary N) is 2. The molecule has 1 heterocycles. The smallest absolute Gasteiger partial charge is 0.326 e. The Balaban J connectivity index is 2.03. The number of nitrogens with zero attached hydrogens (tertiary/aromatic N) is 1. The molecule has 0 spiro atoms. The summed E-state index contributed by atoms with van der Waals surface area (Å²) in [4.78, 5) is 38.3. The van der Waals surface area contributed by atoms with Gasteiger partial charge in [-0.1, -0.05) is 26.0 Å². The molecular formula is C18H23N3O3. The summed E-state index contributed by atoms with van der Waals surface area (Å²) in [5.74, 6) is 0.272. The Labute approximate surface area is 140 Å². The van der Waals surface area contributed by atoms with Gasteiger partial charge >= 0.3 is 5.69 Å². The Hall–Kier alpha value is -2.63. The predicted octanol–water partition coefficient (Wildman–Crippen LogP) is 2.08. The van der Waals surface area contributed by atoms with Crippen molar-refractivity contribution in [1.82, 2.24) is 9.55 Å². The van der Waals surface area contributed by atoms with E-state index in [4.69, 9.17) is 0 Å². The van der Waals surface area contributed by atoms with Crippen molar-refractivity contribution in [2.24, 2.45) is 7.05 Å². The number of carbonyl (C=O) groups excluding carboxylic acids is 1. The van der Waals surface area contributed by atoms with Crippen LogP contribution in [0.15, 0.2) is 33.9 Å². The number of H-pyrrole nitrogens is 1. The first-order valence-electron chi connectivity index (χ1n) is 7.98. The van der Waals surface area contributed by atoms with Gasteiger partial charge in [0.15, 0.2) is 0 Å². The normalized spacial score (nSPS) is 10.9. The largest absolute Gasteiger partial charge is 0.328 e. The highest BCUT2D eigenvalue weighted by molar-refractivity contribution is 5.90. The molecule has 2 N–H and O–H groups in total. The zero-order chi connectivity index (χ0) is 17.9. The molecular weight excluding hydrogens is 306 g/mol. The van der Waals surface area contributed by atoms with Crippen LogP contribution >= 0.6 is 0 Å². The van der Waals surface area contributed by atoms with Crippen molar-refractivity contribution in [3.8, 4) is 0 Å². The molecule has 0 saturated heterocycles. The number of carbonyl (C=O) groups is 1. The van der Waals surface area contributed by atoms with Gasteiger partial charge in [0, 0.05) is 30.4 Å². The van der Waals surface area contributed by atoms with Gasteiger partial charge in [0.2, 0.25) is 5.91 Å². The van der Waals surface area contributed by atoms with Crippen LogP contribution in [0, 0.1) is 6.92 Å². The summed E-state index contributed by atoms with van der Waals surface area (Å²) in [6, 6.07) is 7.72. The second kappa shape index (κ2) is 7.29. The summed E-state index contributed by atoms with van der Waals surface area (Å²) in [6.07, 6.45) is 0.458. The number of rotatable bonds is 5. The summed E-state index contributed by atoms with van der Waals surface area (Å²) >= 11 is 0. The maximum Gasteiger partial charge on any atom is 0.328 e. The van der Waals surface area contributed by atoms with E-state index in [1.165, 1.54) is 12.6 Å². The Morgan fingerprint density at radius 2 is 1.83 bits per heavy atom. The van der Waals surface area contributed by atoms with E-state index in [2.05, 4.69) is 24.1 Å². The van der Waals surface area contributed by atoms with Crippen molar-refractivity contribution in [2.75, 3.05) is 5.32 Å². The monoisotopic (exact) mass is 329 g/mol. The number of hydrogen-bond acceptors (Lipinski definition) is 3. The molecule has 6 nitrogen and oxygen atoms in total. The van der Waals surface area contributed by atoms with Gasteiger partial charge in [0.1, 0.15) is 0 Å². The second-order valence-electron chi connectivity index (χ2n) is 6.22. The summed E-state index contributed by atoms with van der Waals surface area (Å²) < 4.78 is 1.02. The molecule has 128 valence electrons. The summed E-state index contributed by atoms with van der Waals surface area (Å²) in [7, 11) is 1.42. The first kappa shape index (κ1) is 17.7. The minimum Gasteiger partial charge on any atom is -0.326 e. The Kier molecular flexibility index (Phi) is 5.39. The summed E-state index contributed by atoms with van der Waals surface area (Å²) in [5.41, 5.74) is 2.11. The zero-order valence-electron chi connectivity index (χ0n) is 14.5. The lowest BCUT2D eigenvalue weighted by atomic mass is 10.0. The number of aromatic nitrogens is 2. The van der Waals surface area contributed by atoms with Crippen molar-refractivity contribution in [3.63, 3.8) is 0 Å². The van der Waals surface area contributed by atoms with E-state index in [0.29, 0.717) is 17.2 Å². The minimum absolute atomic E-state index is 0.167. The number of anilines is 1. The predicted molar refractivity (Wildman–Crippen MR) is 94.5 cm³/mol. The van der Waals surface area contributed by atoms with Gasteiger partial charge in [-0.25, -0.2) is 4.79 Å². The molecule has 0 aliphatic carbocycles. The van der Waals surface area contributed by atoms with Gasteiger partial charge in [0.25, 0.3) is 5.56 Å². The number of aromatic amines is 1. The summed E-state index contributed by atoms with van der Waals surface area (Å²) in [5, 5.41) is 2.82. The Morgan fingerprint density at radius 3 is 2.42 bits per heavy atom. The lowest BCUT2D eigenvalue weighted by molar-refractivity contribution is -0.116. The van der Waals surface area contributed by atoms with Crippen molar-refractivity contribution in [3.05, 3.63) is 61.9 Å². The molecule has 2 aromatic rings. The fourth-order valence-electron chi connectivity index (χ4n) is 2.48. The number of amides is 1. The molecule has 1 aromatic heterocycles. The molecule has 6 heteroatoms. The first-order valence-corrected chi connectivity index (χ1v) is 7.98. The molecule has 2 rings (SSSR count). The molecule has 0 saturated carbocycles. The number of aryl methyl sites for hydroxylation is 1. The third kappa shape index (κ3) is 4.01. The summed E-state index contributed by atoms with van der Waals surface area (Å²) in [6.45, 7) is 5.89. The lowest BCUT2D eigenvalue weighted by Crippen LogP contribution is -2.36. The van der Waals surface area contributed by atoms with Crippen LogP contribution in [0.2, 0.25) is 0 Å². The molecule has 0 bridgehead atoms. The second-order valence-corrected chi connectivity index (χ2v) is 6.22. The van der Waals surface area contributed by atoms with E-state index in [9.17, 15) is 14.4 Å². The average Bonchev–Trinajstić information content (AvgIpc) is 2.53. The van der Waals surface area contributed by atoms with E-state index in [1.807, 2.05) is 24.3 Å². The maximum absolute atomic E-state index is 12.1. The van der Waals surface area contributed by atoms with E-state index in [-0.39, 0.29) is 24.3 Å². The van der Waals surface area contributed by atoms with Crippen LogP contribution in [0.3, 0.4) is 0 Å². The van der Waals surface area contributed by atoms with E-state index in [0.717, 1.165) is 10.3 Å². The number of benzene rings is 1. The van der Waals surface area contributed by atoms with Crippen LogP contribution in [-0.2, 0) is 18.3 Å². The highest BCUT2D eigenvalue weighted by atomic mass is 16.2. The highest BCUT2D eigenvalue weighted by Crippen LogP contribution is 2.17. The van der Waals surface area contributed by atoms with Crippen molar-refractivity contribution < 1.29 is 4.79 Å². The molecule has 24 heavy (non-hydrogen) atoms. The van der Waals surface area contributed by atoms with E-state index in [1.54, 1.807) is 6.92 Å². The van der Waals surface area contributed by atoms with E-state index >= 15 is 0 Å². The van der Waals surface area contributed by atoms with Gasteiger partial charge in [-0.05, 0) is 37.0 Å². The van der Waals surface area contributed by atoms with Crippen LogP contribution in [0.4, 0.5) is 5.69 Å².